The standard InChI is InChI=1S/C30H54/c1-8-23(20(2)3)10-9-22(5)26-13-14-27-25-12-11-24-19-21(4)15-17-29(24,6)28(25)16-18-30(26,27)7/h20-28H,8-19H2,1-7H3. The highest BCUT2D eigenvalue weighted by molar-refractivity contribution is 5.09. The van der Waals surface area contributed by atoms with Crippen LogP contribution in [0.1, 0.15) is 126 Å². The maximum absolute atomic E-state index is 2.76. The summed E-state index contributed by atoms with van der Waals surface area (Å²) in [7, 11) is 0. The Morgan fingerprint density at radius 1 is 0.800 bits per heavy atom. The van der Waals surface area contributed by atoms with E-state index in [1.54, 1.807) is 38.5 Å². The van der Waals surface area contributed by atoms with Crippen molar-refractivity contribution >= 4 is 0 Å². The molecule has 4 aliphatic carbocycles. The Morgan fingerprint density at radius 2 is 1.50 bits per heavy atom. The van der Waals surface area contributed by atoms with Crippen LogP contribution in [0.5, 0.6) is 0 Å². The summed E-state index contributed by atoms with van der Waals surface area (Å²) in [5, 5.41) is 0. The Kier molecular flexibility index (Phi) is 6.75. The molecule has 30 heavy (non-hydrogen) atoms. The molecule has 0 spiro atoms. The van der Waals surface area contributed by atoms with Crippen LogP contribution in [0.3, 0.4) is 0 Å². The van der Waals surface area contributed by atoms with Gasteiger partial charge in [0.2, 0.25) is 0 Å². The van der Waals surface area contributed by atoms with Crippen LogP contribution in [0.15, 0.2) is 0 Å². The van der Waals surface area contributed by atoms with Crippen LogP contribution in [0.4, 0.5) is 0 Å². The molecule has 0 N–H and O–H groups in total. The van der Waals surface area contributed by atoms with Crippen molar-refractivity contribution in [2.75, 3.05) is 0 Å². The van der Waals surface area contributed by atoms with Crippen LogP contribution in [0, 0.1) is 64.1 Å². The van der Waals surface area contributed by atoms with Crippen molar-refractivity contribution in [3.05, 3.63) is 0 Å². The molecule has 4 saturated carbocycles. The molecule has 0 aliphatic heterocycles. The van der Waals surface area contributed by atoms with E-state index in [2.05, 4.69) is 48.5 Å². The predicted molar refractivity (Wildman–Crippen MR) is 131 cm³/mol. The molecule has 4 rings (SSSR count). The van der Waals surface area contributed by atoms with E-state index in [9.17, 15) is 0 Å². The topological polar surface area (TPSA) is 0 Å². The highest BCUT2D eigenvalue weighted by Crippen LogP contribution is 2.68. The Labute approximate surface area is 189 Å². The van der Waals surface area contributed by atoms with Gasteiger partial charge >= 0.3 is 0 Å². The quantitative estimate of drug-likeness (QED) is 0.406. The zero-order valence-electron chi connectivity index (χ0n) is 21.7. The Morgan fingerprint density at radius 3 is 2.20 bits per heavy atom. The van der Waals surface area contributed by atoms with Gasteiger partial charge in [0, 0.05) is 0 Å². The second-order valence-corrected chi connectivity index (χ2v) is 13.7. The van der Waals surface area contributed by atoms with Crippen LogP contribution in [0.25, 0.3) is 0 Å². The first-order chi connectivity index (χ1) is 14.2. The van der Waals surface area contributed by atoms with Gasteiger partial charge in [0.15, 0.2) is 0 Å². The third-order valence-electron chi connectivity index (χ3n) is 12.1. The maximum Gasteiger partial charge on any atom is -0.0264 e. The summed E-state index contributed by atoms with van der Waals surface area (Å²) in [5.74, 6) is 8.95. The van der Waals surface area contributed by atoms with Crippen LogP contribution in [0.2, 0.25) is 0 Å². The van der Waals surface area contributed by atoms with Gasteiger partial charge < -0.3 is 0 Å². The van der Waals surface area contributed by atoms with Crippen molar-refractivity contribution < 1.29 is 0 Å². The van der Waals surface area contributed by atoms with Crippen molar-refractivity contribution in [3.63, 3.8) is 0 Å². The van der Waals surface area contributed by atoms with Gasteiger partial charge in [-0.05, 0) is 122 Å². The van der Waals surface area contributed by atoms with Gasteiger partial charge in [-0.25, -0.2) is 0 Å². The van der Waals surface area contributed by atoms with Crippen molar-refractivity contribution in [1.82, 2.24) is 0 Å². The minimum atomic E-state index is 0.658. The maximum atomic E-state index is 2.76. The molecule has 0 bridgehead atoms. The molecule has 10 atom stereocenters. The highest BCUT2D eigenvalue weighted by atomic mass is 14.6. The van der Waals surface area contributed by atoms with E-state index in [0.29, 0.717) is 10.8 Å². The monoisotopic (exact) mass is 414 g/mol. The predicted octanol–water partition coefficient (Wildman–Crippen LogP) is 9.38. The summed E-state index contributed by atoms with van der Waals surface area (Å²) in [5.41, 5.74) is 1.34. The van der Waals surface area contributed by atoms with Crippen molar-refractivity contribution in [3.8, 4) is 0 Å². The van der Waals surface area contributed by atoms with E-state index in [-0.39, 0.29) is 0 Å². The fourth-order valence-corrected chi connectivity index (χ4v) is 10.1. The van der Waals surface area contributed by atoms with E-state index in [0.717, 1.165) is 53.3 Å². The average Bonchev–Trinajstić information content (AvgIpc) is 3.06. The van der Waals surface area contributed by atoms with Crippen LogP contribution in [-0.4, -0.2) is 0 Å². The zero-order chi connectivity index (χ0) is 21.7. The molecule has 174 valence electrons. The fourth-order valence-electron chi connectivity index (χ4n) is 10.1. The zero-order valence-corrected chi connectivity index (χ0v) is 21.7. The lowest BCUT2D eigenvalue weighted by Crippen LogP contribution is -2.53. The molecule has 0 aromatic carbocycles. The lowest BCUT2D eigenvalue weighted by atomic mass is 9.44. The van der Waals surface area contributed by atoms with Crippen LogP contribution >= 0.6 is 0 Å². The van der Waals surface area contributed by atoms with Gasteiger partial charge in [0.05, 0.1) is 0 Å². The lowest BCUT2D eigenvalue weighted by molar-refractivity contribution is -0.120. The summed E-state index contributed by atoms with van der Waals surface area (Å²) < 4.78 is 0. The second-order valence-electron chi connectivity index (χ2n) is 13.7. The van der Waals surface area contributed by atoms with E-state index in [1.165, 1.54) is 38.5 Å². The Hall–Kier alpha value is 0. The number of hydrogen-bond acceptors (Lipinski definition) is 0. The summed E-state index contributed by atoms with van der Waals surface area (Å²) in [6, 6.07) is 0. The minimum absolute atomic E-state index is 0.658. The van der Waals surface area contributed by atoms with Gasteiger partial charge in [0.25, 0.3) is 0 Å². The van der Waals surface area contributed by atoms with E-state index >= 15 is 0 Å². The summed E-state index contributed by atoms with van der Waals surface area (Å²) in [4.78, 5) is 0. The third-order valence-corrected chi connectivity index (χ3v) is 12.1. The first-order valence-electron chi connectivity index (χ1n) is 14.2. The Balaban J connectivity index is 1.45. The normalized spacial score (nSPS) is 48.0. The molecule has 10 unspecified atom stereocenters. The van der Waals surface area contributed by atoms with Gasteiger partial charge in [-0.2, -0.15) is 0 Å². The van der Waals surface area contributed by atoms with E-state index in [4.69, 9.17) is 0 Å². The number of fused-ring (bicyclic) bond motifs is 5. The summed E-state index contributed by atoms with van der Waals surface area (Å²) in [6.45, 7) is 18.0. The van der Waals surface area contributed by atoms with Crippen molar-refractivity contribution in [2.45, 2.75) is 126 Å². The fraction of sp³-hybridized carbons (Fsp3) is 1.00. The average molecular weight is 415 g/mol. The first kappa shape index (κ1) is 23.2. The summed E-state index contributed by atoms with van der Waals surface area (Å²) in [6.07, 6.45) is 18.2. The molecule has 0 heterocycles. The largest absolute Gasteiger partial charge is 0.0651 e. The van der Waals surface area contributed by atoms with Gasteiger partial charge in [-0.1, -0.05) is 67.7 Å². The number of rotatable bonds is 6. The van der Waals surface area contributed by atoms with Gasteiger partial charge in [0.1, 0.15) is 0 Å². The number of hydrogen-bond donors (Lipinski definition) is 0. The SMILES string of the molecule is CCC(CCC(C)C1CCC2C3CCC4CC(C)CCC4(C)C3CCC12C)C(C)C. The molecule has 4 fully saturated rings. The molecular weight excluding hydrogens is 360 g/mol. The molecular formula is C30H54. The van der Waals surface area contributed by atoms with E-state index in [1.807, 2.05) is 0 Å². The molecule has 0 radical (unpaired) electrons. The smallest absolute Gasteiger partial charge is 0.0264 e. The second kappa shape index (κ2) is 8.74. The molecule has 0 heteroatoms. The molecule has 0 aromatic rings. The van der Waals surface area contributed by atoms with Gasteiger partial charge in [-0.3, -0.25) is 0 Å². The first-order valence-corrected chi connectivity index (χ1v) is 14.2. The highest BCUT2D eigenvalue weighted by Gasteiger charge is 2.60. The minimum Gasteiger partial charge on any atom is -0.0651 e. The van der Waals surface area contributed by atoms with Crippen LogP contribution in [-0.2, 0) is 0 Å². The lowest BCUT2D eigenvalue weighted by Gasteiger charge is -2.61. The molecule has 0 saturated heterocycles. The van der Waals surface area contributed by atoms with E-state index < -0.39 is 0 Å². The Bertz CT molecular complexity index is 577. The van der Waals surface area contributed by atoms with Crippen molar-refractivity contribution in [1.29, 1.82) is 0 Å². The van der Waals surface area contributed by atoms with Crippen LogP contribution < -0.4 is 0 Å². The third kappa shape index (κ3) is 3.83. The molecule has 0 nitrogen and oxygen atoms in total. The summed E-state index contributed by atoms with van der Waals surface area (Å²) >= 11 is 0. The molecule has 0 aromatic heterocycles. The van der Waals surface area contributed by atoms with Gasteiger partial charge in [-0.15, -0.1) is 0 Å². The molecule has 0 amide bonds. The molecule has 4 aliphatic rings. The van der Waals surface area contributed by atoms with Crippen molar-refractivity contribution in [2.24, 2.45) is 64.1 Å².